The van der Waals surface area contributed by atoms with Crippen molar-refractivity contribution < 1.29 is 0 Å². The SMILES string of the molecule is Cc1ccc(N2C[C@@H](C)NC[C@H]2c2ccc(Cl)cc2)cc1. The number of halogens is 1. The summed E-state index contributed by atoms with van der Waals surface area (Å²) in [4.78, 5) is 2.49. The third kappa shape index (κ3) is 3.22. The quantitative estimate of drug-likeness (QED) is 0.895. The van der Waals surface area contributed by atoms with Gasteiger partial charge in [-0.2, -0.15) is 0 Å². The zero-order chi connectivity index (χ0) is 14.8. The minimum Gasteiger partial charge on any atom is -0.362 e. The summed E-state index contributed by atoms with van der Waals surface area (Å²) in [6, 6.07) is 17.9. The summed E-state index contributed by atoms with van der Waals surface area (Å²) in [5.41, 5.74) is 3.89. The zero-order valence-corrected chi connectivity index (χ0v) is 13.3. The molecule has 0 bridgehead atoms. The van der Waals surface area contributed by atoms with Gasteiger partial charge in [0.2, 0.25) is 0 Å². The lowest BCUT2D eigenvalue weighted by Crippen LogP contribution is -2.51. The normalized spacial score (nSPS) is 22.3. The number of nitrogens with zero attached hydrogens (tertiary/aromatic N) is 1. The zero-order valence-electron chi connectivity index (χ0n) is 12.5. The molecule has 21 heavy (non-hydrogen) atoms. The van der Waals surface area contributed by atoms with Gasteiger partial charge in [0.25, 0.3) is 0 Å². The van der Waals surface area contributed by atoms with Crippen molar-refractivity contribution in [3.63, 3.8) is 0 Å². The lowest BCUT2D eigenvalue weighted by Gasteiger charge is -2.41. The molecule has 0 aliphatic carbocycles. The third-order valence-electron chi connectivity index (χ3n) is 4.13. The number of benzene rings is 2. The van der Waals surface area contributed by atoms with Crippen LogP contribution in [-0.2, 0) is 0 Å². The van der Waals surface area contributed by atoms with Crippen LogP contribution in [0.3, 0.4) is 0 Å². The molecule has 3 rings (SSSR count). The molecule has 2 aromatic carbocycles. The molecule has 1 N–H and O–H groups in total. The number of nitrogens with one attached hydrogen (secondary N) is 1. The van der Waals surface area contributed by atoms with E-state index in [0.29, 0.717) is 12.1 Å². The average molecular weight is 301 g/mol. The van der Waals surface area contributed by atoms with Gasteiger partial charge in [-0.1, -0.05) is 41.4 Å². The second-order valence-electron chi connectivity index (χ2n) is 5.86. The van der Waals surface area contributed by atoms with Gasteiger partial charge in [-0.25, -0.2) is 0 Å². The van der Waals surface area contributed by atoms with Crippen LogP contribution in [0.1, 0.15) is 24.1 Å². The predicted octanol–water partition coefficient (Wildman–Crippen LogP) is 4.19. The summed E-state index contributed by atoms with van der Waals surface area (Å²) in [5.74, 6) is 0. The summed E-state index contributed by atoms with van der Waals surface area (Å²) in [7, 11) is 0. The molecule has 1 aliphatic heterocycles. The number of piperazine rings is 1. The van der Waals surface area contributed by atoms with E-state index in [0.717, 1.165) is 18.1 Å². The number of anilines is 1. The van der Waals surface area contributed by atoms with Crippen LogP contribution in [-0.4, -0.2) is 19.1 Å². The standard InChI is InChI=1S/C18H21ClN2/c1-13-3-9-17(10-4-13)21-12-14(2)20-11-18(21)15-5-7-16(19)8-6-15/h3-10,14,18,20H,11-12H2,1-2H3/t14-,18+/m1/s1. The number of aryl methyl sites for hydroxylation is 1. The molecule has 3 heteroatoms. The summed E-state index contributed by atoms with van der Waals surface area (Å²) >= 11 is 6.02. The summed E-state index contributed by atoms with van der Waals surface area (Å²) in [5, 5.41) is 4.37. The van der Waals surface area contributed by atoms with Crippen LogP contribution in [0, 0.1) is 6.92 Å². The minimum atomic E-state index is 0.348. The highest BCUT2D eigenvalue weighted by Gasteiger charge is 2.27. The molecule has 0 spiro atoms. The van der Waals surface area contributed by atoms with Crippen molar-refractivity contribution in [3.05, 3.63) is 64.7 Å². The van der Waals surface area contributed by atoms with E-state index in [-0.39, 0.29) is 0 Å². The first-order valence-electron chi connectivity index (χ1n) is 7.45. The van der Waals surface area contributed by atoms with E-state index >= 15 is 0 Å². The maximum absolute atomic E-state index is 6.02. The molecule has 0 aromatic heterocycles. The lowest BCUT2D eigenvalue weighted by molar-refractivity contribution is 0.416. The molecule has 110 valence electrons. The Hall–Kier alpha value is -1.51. The Morgan fingerprint density at radius 1 is 1.05 bits per heavy atom. The first-order valence-corrected chi connectivity index (χ1v) is 7.83. The second kappa shape index (κ2) is 6.08. The largest absolute Gasteiger partial charge is 0.362 e. The lowest BCUT2D eigenvalue weighted by atomic mass is 10.00. The van der Waals surface area contributed by atoms with Crippen LogP contribution in [0.4, 0.5) is 5.69 Å². The Balaban J connectivity index is 1.92. The highest BCUT2D eigenvalue weighted by Crippen LogP contribution is 2.30. The van der Waals surface area contributed by atoms with Crippen LogP contribution in [0.2, 0.25) is 5.02 Å². The molecule has 0 unspecified atom stereocenters. The number of rotatable bonds is 2. The molecule has 1 heterocycles. The van der Waals surface area contributed by atoms with Crippen molar-refractivity contribution in [2.24, 2.45) is 0 Å². The third-order valence-corrected chi connectivity index (χ3v) is 4.38. The van der Waals surface area contributed by atoms with E-state index in [1.165, 1.54) is 16.8 Å². The van der Waals surface area contributed by atoms with Gasteiger partial charge in [0, 0.05) is 29.8 Å². The Morgan fingerprint density at radius 3 is 2.38 bits per heavy atom. The fraction of sp³-hybridized carbons (Fsp3) is 0.333. The molecule has 1 fully saturated rings. The van der Waals surface area contributed by atoms with Crippen molar-refractivity contribution in [3.8, 4) is 0 Å². The van der Waals surface area contributed by atoms with Gasteiger partial charge in [-0.15, -0.1) is 0 Å². The van der Waals surface area contributed by atoms with Gasteiger partial charge < -0.3 is 10.2 Å². The predicted molar refractivity (Wildman–Crippen MR) is 90.2 cm³/mol. The topological polar surface area (TPSA) is 15.3 Å². The van der Waals surface area contributed by atoms with Crippen molar-refractivity contribution in [2.45, 2.75) is 25.9 Å². The summed E-state index contributed by atoms with van der Waals surface area (Å²) in [6.07, 6.45) is 0. The number of hydrogen-bond acceptors (Lipinski definition) is 2. The van der Waals surface area contributed by atoms with Crippen LogP contribution in [0.15, 0.2) is 48.5 Å². The molecule has 0 radical (unpaired) electrons. The Labute approximate surface area is 131 Å². The highest BCUT2D eigenvalue weighted by molar-refractivity contribution is 6.30. The first kappa shape index (κ1) is 14.4. The minimum absolute atomic E-state index is 0.348. The number of hydrogen-bond donors (Lipinski definition) is 1. The van der Waals surface area contributed by atoms with Crippen LogP contribution in [0.5, 0.6) is 0 Å². The van der Waals surface area contributed by atoms with Crippen molar-refractivity contribution in [1.29, 1.82) is 0 Å². The molecule has 1 saturated heterocycles. The van der Waals surface area contributed by atoms with E-state index in [1.807, 2.05) is 12.1 Å². The van der Waals surface area contributed by atoms with Gasteiger partial charge >= 0.3 is 0 Å². The molecule has 2 atom stereocenters. The van der Waals surface area contributed by atoms with Gasteiger partial charge in [0.1, 0.15) is 0 Å². The first-order chi connectivity index (χ1) is 10.1. The smallest absolute Gasteiger partial charge is 0.0667 e. The monoisotopic (exact) mass is 300 g/mol. The van der Waals surface area contributed by atoms with Crippen LogP contribution < -0.4 is 10.2 Å². The van der Waals surface area contributed by atoms with Crippen molar-refractivity contribution >= 4 is 17.3 Å². The van der Waals surface area contributed by atoms with E-state index in [2.05, 4.69) is 60.5 Å². The second-order valence-corrected chi connectivity index (χ2v) is 6.30. The van der Waals surface area contributed by atoms with Crippen LogP contribution >= 0.6 is 11.6 Å². The van der Waals surface area contributed by atoms with Gasteiger partial charge in [0.05, 0.1) is 6.04 Å². The molecule has 0 amide bonds. The fourth-order valence-corrected chi connectivity index (χ4v) is 3.04. The Bertz CT molecular complexity index is 592. The van der Waals surface area contributed by atoms with Crippen molar-refractivity contribution in [2.75, 3.05) is 18.0 Å². The molecule has 1 aliphatic rings. The van der Waals surface area contributed by atoms with E-state index < -0.39 is 0 Å². The fourth-order valence-electron chi connectivity index (χ4n) is 2.91. The Kier molecular flexibility index (Phi) is 4.18. The molecule has 2 aromatic rings. The summed E-state index contributed by atoms with van der Waals surface area (Å²) < 4.78 is 0. The highest BCUT2D eigenvalue weighted by atomic mass is 35.5. The van der Waals surface area contributed by atoms with Gasteiger partial charge in [-0.05, 0) is 43.7 Å². The van der Waals surface area contributed by atoms with E-state index in [4.69, 9.17) is 11.6 Å². The maximum Gasteiger partial charge on any atom is 0.0667 e. The average Bonchev–Trinajstić information content (AvgIpc) is 2.49. The molecular weight excluding hydrogens is 280 g/mol. The molecule has 2 nitrogen and oxygen atoms in total. The van der Waals surface area contributed by atoms with Gasteiger partial charge in [-0.3, -0.25) is 0 Å². The Morgan fingerprint density at radius 2 is 1.71 bits per heavy atom. The van der Waals surface area contributed by atoms with E-state index in [9.17, 15) is 0 Å². The maximum atomic E-state index is 6.02. The van der Waals surface area contributed by atoms with E-state index in [1.54, 1.807) is 0 Å². The molecule has 0 saturated carbocycles. The molecular formula is C18H21ClN2. The summed E-state index contributed by atoms with van der Waals surface area (Å²) in [6.45, 7) is 6.33. The van der Waals surface area contributed by atoms with Crippen molar-refractivity contribution in [1.82, 2.24) is 5.32 Å². The van der Waals surface area contributed by atoms with Crippen LogP contribution in [0.25, 0.3) is 0 Å². The van der Waals surface area contributed by atoms with Gasteiger partial charge in [0.15, 0.2) is 0 Å².